The van der Waals surface area contributed by atoms with Crippen LogP contribution in [0.15, 0.2) is 96.1 Å². The molecule has 0 radical (unpaired) electrons. The summed E-state index contributed by atoms with van der Waals surface area (Å²) in [6, 6.07) is 33.1. The molecule has 0 fully saturated rings. The summed E-state index contributed by atoms with van der Waals surface area (Å²) in [5, 5.41) is 0. The van der Waals surface area contributed by atoms with Crippen LogP contribution in [0.25, 0.3) is 34.4 Å². The van der Waals surface area contributed by atoms with Gasteiger partial charge in [-0.05, 0) is 0 Å². The molecule has 0 saturated heterocycles. The van der Waals surface area contributed by atoms with Gasteiger partial charge in [0.2, 0.25) is 0 Å². The van der Waals surface area contributed by atoms with Crippen LogP contribution in [0.5, 0.6) is 0 Å². The summed E-state index contributed by atoms with van der Waals surface area (Å²) in [6.07, 6.45) is 7.59. The monoisotopic (exact) mass is 727 g/mol. The fourth-order valence-corrected chi connectivity index (χ4v) is 32.0. The molecule has 0 aromatic heterocycles. The van der Waals surface area contributed by atoms with Gasteiger partial charge in [0, 0.05) is 0 Å². The summed E-state index contributed by atoms with van der Waals surface area (Å²) >= 11 is -2.25. The third kappa shape index (κ3) is 6.79. The number of fused-ring (bicyclic) bond motifs is 2. The molecule has 0 amide bonds. The molecule has 0 aliphatic heterocycles. The zero-order valence-corrected chi connectivity index (χ0v) is 34.8. The van der Waals surface area contributed by atoms with E-state index in [0.29, 0.717) is 30.9 Å². The molecule has 2 aliphatic carbocycles. The standard InChI is InChI=1S/2C22H25.C2H7Si.Zr/c2*1-15(2)12-17-8-5-6-10-20(17)21-11-7-9-18-13-19(16(3)4)14-22(18)21;1-3-2;/h2*5-11,13-16H,12H2,1-4H3;3H,1-2H3;. The van der Waals surface area contributed by atoms with Crippen LogP contribution in [-0.4, -0.2) is 5.92 Å². The van der Waals surface area contributed by atoms with E-state index in [-0.39, 0.29) is 0 Å². The molecule has 0 nitrogen and oxygen atoms in total. The van der Waals surface area contributed by atoms with Gasteiger partial charge in [-0.15, -0.1) is 0 Å². The van der Waals surface area contributed by atoms with Crippen molar-refractivity contribution in [3.8, 4) is 22.3 Å². The van der Waals surface area contributed by atoms with Crippen molar-refractivity contribution in [2.24, 2.45) is 23.7 Å². The summed E-state index contributed by atoms with van der Waals surface area (Å²) in [5.41, 5.74) is 18.6. The van der Waals surface area contributed by atoms with Gasteiger partial charge >= 0.3 is 303 Å². The van der Waals surface area contributed by atoms with Gasteiger partial charge in [0.25, 0.3) is 0 Å². The van der Waals surface area contributed by atoms with Gasteiger partial charge in [-0.1, -0.05) is 0 Å². The van der Waals surface area contributed by atoms with Crippen molar-refractivity contribution in [2.75, 3.05) is 0 Å². The normalized spacial score (nSPS) is 17.1. The molecule has 6 rings (SSSR count). The van der Waals surface area contributed by atoms with Crippen molar-refractivity contribution >= 4 is 18.1 Å². The van der Waals surface area contributed by atoms with Crippen molar-refractivity contribution < 1.29 is 20.9 Å². The Hall–Kier alpha value is -2.54. The van der Waals surface area contributed by atoms with Gasteiger partial charge in [0.1, 0.15) is 0 Å². The van der Waals surface area contributed by atoms with Gasteiger partial charge in [0.05, 0.1) is 0 Å². The Labute approximate surface area is 301 Å². The minimum absolute atomic E-state index is 0.547. The topological polar surface area (TPSA) is 0 Å². The maximum atomic E-state index is 2.71. The summed E-state index contributed by atoms with van der Waals surface area (Å²) in [6.45, 7) is 24.7. The Morgan fingerprint density at radius 3 is 1.23 bits per heavy atom. The fraction of sp³-hybridized carbons (Fsp3) is 0.391. The van der Waals surface area contributed by atoms with Crippen LogP contribution in [0, 0.1) is 23.7 Å². The van der Waals surface area contributed by atoms with E-state index in [1.165, 1.54) is 44.5 Å². The van der Waals surface area contributed by atoms with Gasteiger partial charge in [-0.25, -0.2) is 0 Å². The molecule has 0 bridgehead atoms. The zero-order valence-electron chi connectivity index (χ0n) is 31.2. The average Bonchev–Trinajstić information content (AvgIpc) is 3.61. The summed E-state index contributed by atoms with van der Waals surface area (Å²) in [5.74, 6) is 1.37. The molecule has 4 aromatic rings. The number of allylic oxidation sites excluding steroid dienone is 2. The van der Waals surface area contributed by atoms with E-state index in [0.717, 1.165) is 12.8 Å². The summed E-state index contributed by atoms with van der Waals surface area (Å²) < 4.78 is 1.28. The van der Waals surface area contributed by atoms with E-state index in [4.69, 9.17) is 0 Å². The Bertz CT molecular complexity index is 1700. The van der Waals surface area contributed by atoms with E-state index < -0.39 is 26.8 Å². The van der Waals surface area contributed by atoms with Crippen LogP contribution in [0.2, 0.25) is 13.1 Å². The predicted molar refractivity (Wildman–Crippen MR) is 211 cm³/mol. The Kier molecular flexibility index (Phi) is 10.8. The zero-order chi connectivity index (χ0) is 34.3. The van der Waals surface area contributed by atoms with Crippen molar-refractivity contribution in [1.82, 2.24) is 0 Å². The van der Waals surface area contributed by atoms with Crippen LogP contribution in [0.1, 0.15) is 96.0 Å². The quantitative estimate of drug-likeness (QED) is 0.135. The van der Waals surface area contributed by atoms with Gasteiger partial charge in [0.15, 0.2) is 0 Å². The van der Waals surface area contributed by atoms with E-state index in [1.54, 1.807) is 22.3 Å². The van der Waals surface area contributed by atoms with Crippen LogP contribution in [0.4, 0.5) is 0 Å². The van der Waals surface area contributed by atoms with Crippen LogP contribution < -0.4 is 0 Å². The number of hydrogen-bond donors (Lipinski definition) is 0. The molecule has 0 heterocycles. The predicted octanol–water partition coefficient (Wildman–Crippen LogP) is 12.9. The van der Waals surface area contributed by atoms with E-state index >= 15 is 0 Å². The Morgan fingerprint density at radius 1 is 0.500 bits per heavy atom. The first kappa shape index (κ1) is 35.3. The third-order valence-corrected chi connectivity index (χ3v) is 32.3. The summed E-state index contributed by atoms with van der Waals surface area (Å²) in [7, 11) is 0. The second kappa shape index (κ2) is 14.7. The van der Waals surface area contributed by atoms with E-state index in [9.17, 15) is 0 Å². The van der Waals surface area contributed by atoms with Crippen molar-refractivity contribution in [3.05, 3.63) is 129 Å². The first-order valence-corrected chi connectivity index (χ1v) is 28.7. The second-order valence-corrected chi connectivity index (χ2v) is 36.3. The Morgan fingerprint density at radius 2 is 0.875 bits per heavy atom. The van der Waals surface area contributed by atoms with Gasteiger partial charge < -0.3 is 0 Å². The third-order valence-electron chi connectivity index (χ3n) is 10.7. The summed E-state index contributed by atoms with van der Waals surface area (Å²) in [4.78, 5) is 0. The van der Waals surface area contributed by atoms with E-state index in [2.05, 4.69) is 166 Å². The molecular weight excluding hydrogens is 672 g/mol. The molecular formula is C46H57SiZr. The SMILES string of the molecule is CC(C)Cc1ccccc1-c1cccc2c1C=C(C(C)C)[CH]2[Zr]([CH]1C(C(C)C)=Cc2c(-c3ccccc3CC(C)C)cccc21)[SiH](C)C. The molecule has 0 N–H and O–H groups in total. The molecule has 2 aliphatic rings. The fourth-order valence-electron chi connectivity index (χ4n) is 8.70. The Balaban J connectivity index is 1.52. The van der Waals surface area contributed by atoms with Gasteiger partial charge in [-0.2, -0.15) is 0 Å². The second-order valence-electron chi connectivity index (χ2n) is 16.2. The van der Waals surface area contributed by atoms with Crippen molar-refractivity contribution in [1.29, 1.82) is 0 Å². The molecule has 249 valence electrons. The molecule has 2 unspecified atom stereocenters. The molecule has 0 saturated carbocycles. The molecule has 48 heavy (non-hydrogen) atoms. The average molecular weight is 729 g/mol. The van der Waals surface area contributed by atoms with E-state index in [1.807, 2.05) is 0 Å². The number of benzene rings is 4. The maximum absolute atomic E-state index is 2.71. The van der Waals surface area contributed by atoms with Crippen LogP contribution in [-0.2, 0) is 33.8 Å². The molecule has 4 aromatic carbocycles. The number of rotatable bonds is 11. The van der Waals surface area contributed by atoms with Crippen LogP contribution in [0.3, 0.4) is 0 Å². The number of hydrogen-bond acceptors (Lipinski definition) is 0. The molecule has 2 heteroatoms. The first-order chi connectivity index (χ1) is 23.0. The van der Waals surface area contributed by atoms with Crippen LogP contribution >= 0.6 is 0 Å². The first-order valence-electron chi connectivity index (χ1n) is 18.7. The minimum atomic E-state index is -2.25. The molecule has 2 atom stereocenters. The molecule has 0 spiro atoms. The van der Waals surface area contributed by atoms with Gasteiger partial charge in [-0.3, -0.25) is 0 Å². The van der Waals surface area contributed by atoms with Crippen molar-refractivity contribution in [2.45, 2.75) is 88.6 Å². The van der Waals surface area contributed by atoms with Crippen molar-refractivity contribution in [3.63, 3.8) is 0 Å².